The molecule has 1 aromatic carbocycles. The van der Waals surface area contributed by atoms with Gasteiger partial charge in [0.15, 0.2) is 0 Å². The topological polar surface area (TPSA) is 67.5 Å². The van der Waals surface area contributed by atoms with E-state index in [1.165, 1.54) is 18.5 Å². The van der Waals surface area contributed by atoms with E-state index in [2.05, 4.69) is 38.0 Å². The highest BCUT2D eigenvalue weighted by Crippen LogP contribution is 2.35. The second kappa shape index (κ2) is 7.90. The smallest absolute Gasteiger partial charge is 0.222 e. The van der Waals surface area contributed by atoms with Gasteiger partial charge >= 0.3 is 0 Å². The summed E-state index contributed by atoms with van der Waals surface area (Å²) >= 11 is 6.74. The molecule has 2 aliphatic rings. The fourth-order valence-electron chi connectivity index (χ4n) is 3.99. The number of aryl methyl sites for hydroxylation is 1. The fourth-order valence-corrected chi connectivity index (χ4v) is 4.29. The highest BCUT2D eigenvalue weighted by atomic mass is 35.5. The largest absolute Gasteiger partial charge is 0.379 e. The van der Waals surface area contributed by atoms with Crippen LogP contribution in [0.2, 0.25) is 5.02 Å². The van der Waals surface area contributed by atoms with Gasteiger partial charge < -0.3 is 20.3 Å². The quantitative estimate of drug-likeness (QED) is 0.868. The Hall–Kier alpha value is -2.05. The number of hydrogen-bond acceptors (Lipinski definition) is 6. The Morgan fingerprint density at radius 2 is 1.93 bits per heavy atom. The minimum absolute atomic E-state index is 0.00123. The summed E-state index contributed by atoms with van der Waals surface area (Å²) in [6.07, 6.45) is 3.43. The van der Waals surface area contributed by atoms with Crippen molar-refractivity contribution in [2.24, 2.45) is 0 Å². The highest BCUT2D eigenvalue weighted by Gasteiger charge is 2.27. The minimum Gasteiger partial charge on any atom is -0.379 e. The lowest BCUT2D eigenvalue weighted by molar-refractivity contribution is 0.134. The normalized spacial score (nSPS) is 20.7. The van der Waals surface area contributed by atoms with E-state index >= 15 is 0 Å². The zero-order valence-electron chi connectivity index (χ0n) is 15.7. The first-order chi connectivity index (χ1) is 13.1. The van der Waals surface area contributed by atoms with Crippen LogP contribution < -0.4 is 15.5 Å². The zero-order chi connectivity index (χ0) is 18.8. The van der Waals surface area contributed by atoms with Gasteiger partial charge in [0.2, 0.25) is 5.95 Å². The number of aromatic nitrogens is 2. The van der Waals surface area contributed by atoms with Crippen LogP contribution in [-0.4, -0.2) is 42.8 Å². The summed E-state index contributed by atoms with van der Waals surface area (Å²) in [5.74, 6) is 1.12. The standard InChI is InChI=1S/C20H26ClN5O/c1-14-11-19(24-20(22)23-14)26-9-4-10-27-13-18(26)16-6-5-15(12-17(16)21)25-7-2-3-8-25/h5-6,11-12,18H,2-4,7-10,13H2,1H3,(H2,22,23,24)/t18-/m0/s1. The lowest BCUT2D eigenvalue weighted by atomic mass is 10.0. The van der Waals surface area contributed by atoms with Crippen molar-refractivity contribution in [2.45, 2.75) is 32.2 Å². The first-order valence-electron chi connectivity index (χ1n) is 9.62. The highest BCUT2D eigenvalue weighted by molar-refractivity contribution is 6.31. The molecule has 2 aliphatic heterocycles. The average Bonchev–Trinajstić information content (AvgIpc) is 3.06. The van der Waals surface area contributed by atoms with Crippen molar-refractivity contribution in [3.05, 3.63) is 40.5 Å². The lowest BCUT2D eigenvalue weighted by Crippen LogP contribution is -2.32. The molecule has 6 nitrogen and oxygen atoms in total. The second-order valence-corrected chi connectivity index (χ2v) is 7.67. The van der Waals surface area contributed by atoms with Gasteiger partial charge in [-0.15, -0.1) is 0 Å². The molecular formula is C20H26ClN5O. The van der Waals surface area contributed by atoms with Gasteiger partial charge in [-0.05, 0) is 43.9 Å². The van der Waals surface area contributed by atoms with E-state index in [0.29, 0.717) is 12.6 Å². The summed E-state index contributed by atoms with van der Waals surface area (Å²) in [6.45, 7) is 6.29. The third-order valence-corrected chi connectivity index (χ3v) is 5.63. The van der Waals surface area contributed by atoms with Gasteiger partial charge in [0.05, 0.1) is 12.6 Å². The summed E-state index contributed by atoms with van der Waals surface area (Å²) < 4.78 is 5.87. The maximum absolute atomic E-state index is 6.74. The van der Waals surface area contributed by atoms with Crippen LogP contribution in [0.25, 0.3) is 0 Å². The molecule has 144 valence electrons. The summed E-state index contributed by atoms with van der Waals surface area (Å²) in [5, 5.41) is 0.777. The number of nitrogen functional groups attached to an aromatic ring is 1. The number of halogens is 1. The Bertz CT molecular complexity index is 789. The van der Waals surface area contributed by atoms with Crippen molar-refractivity contribution in [1.82, 2.24) is 9.97 Å². The van der Waals surface area contributed by atoms with Crippen LogP contribution in [0, 0.1) is 6.92 Å². The van der Waals surface area contributed by atoms with Crippen molar-refractivity contribution >= 4 is 29.1 Å². The molecule has 0 spiro atoms. The third-order valence-electron chi connectivity index (χ3n) is 5.31. The summed E-state index contributed by atoms with van der Waals surface area (Å²) in [5.41, 5.74) is 9.02. The van der Waals surface area contributed by atoms with E-state index in [9.17, 15) is 0 Å². The van der Waals surface area contributed by atoms with E-state index in [-0.39, 0.29) is 6.04 Å². The molecule has 1 aromatic heterocycles. The molecule has 0 amide bonds. The predicted octanol–water partition coefficient (Wildman–Crippen LogP) is 3.59. The van der Waals surface area contributed by atoms with E-state index in [4.69, 9.17) is 22.1 Å². The summed E-state index contributed by atoms with van der Waals surface area (Å²) in [7, 11) is 0. The van der Waals surface area contributed by atoms with Crippen LogP contribution in [0.4, 0.5) is 17.5 Å². The Morgan fingerprint density at radius 1 is 1.11 bits per heavy atom. The molecule has 0 unspecified atom stereocenters. The minimum atomic E-state index is 0.00123. The molecule has 0 radical (unpaired) electrons. The molecule has 4 rings (SSSR count). The van der Waals surface area contributed by atoms with E-state index < -0.39 is 0 Å². The van der Waals surface area contributed by atoms with Crippen molar-refractivity contribution in [3.63, 3.8) is 0 Å². The first kappa shape index (κ1) is 18.3. The molecule has 0 bridgehead atoms. The number of benzene rings is 1. The molecule has 7 heteroatoms. The number of rotatable bonds is 3. The van der Waals surface area contributed by atoms with E-state index in [1.807, 2.05) is 13.0 Å². The van der Waals surface area contributed by atoms with E-state index in [0.717, 1.165) is 54.8 Å². The van der Waals surface area contributed by atoms with Crippen LogP contribution >= 0.6 is 11.6 Å². The molecule has 27 heavy (non-hydrogen) atoms. The van der Waals surface area contributed by atoms with Gasteiger partial charge in [-0.3, -0.25) is 0 Å². The number of nitrogens with zero attached hydrogens (tertiary/aromatic N) is 4. The molecule has 0 aliphatic carbocycles. The Kier molecular flexibility index (Phi) is 5.36. The summed E-state index contributed by atoms with van der Waals surface area (Å²) in [4.78, 5) is 13.3. The lowest BCUT2D eigenvalue weighted by Gasteiger charge is -2.32. The number of hydrogen-bond donors (Lipinski definition) is 1. The predicted molar refractivity (Wildman–Crippen MR) is 110 cm³/mol. The van der Waals surface area contributed by atoms with Crippen molar-refractivity contribution in [2.75, 3.05) is 48.4 Å². The second-order valence-electron chi connectivity index (χ2n) is 7.26. The van der Waals surface area contributed by atoms with Gasteiger partial charge in [-0.1, -0.05) is 17.7 Å². The van der Waals surface area contributed by atoms with Crippen molar-refractivity contribution in [1.29, 1.82) is 0 Å². The molecular weight excluding hydrogens is 362 g/mol. The molecule has 2 saturated heterocycles. The van der Waals surface area contributed by atoms with Gasteiger partial charge in [-0.2, -0.15) is 4.98 Å². The van der Waals surface area contributed by atoms with Gasteiger partial charge in [0.1, 0.15) is 5.82 Å². The van der Waals surface area contributed by atoms with E-state index in [1.54, 1.807) is 0 Å². The average molecular weight is 388 g/mol. The summed E-state index contributed by atoms with van der Waals surface area (Å²) in [6, 6.07) is 8.38. The monoisotopic (exact) mass is 387 g/mol. The maximum Gasteiger partial charge on any atom is 0.222 e. The van der Waals surface area contributed by atoms with Crippen molar-refractivity contribution < 1.29 is 4.74 Å². The Balaban J connectivity index is 1.68. The van der Waals surface area contributed by atoms with Crippen LogP contribution in [-0.2, 0) is 4.74 Å². The number of nitrogens with two attached hydrogens (primary N) is 1. The molecule has 3 heterocycles. The van der Waals surface area contributed by atoms with Gasteiger partial charge in [0, 0.05) is 48.7 Å². The van der Waals surface area contributed by atoms with Crippen LogP contribution in [0.5, 0.6) is 0 Å². The van der Waals surface area contributed by atoms with Crippen LogP contribution in [0.3, 0.4) is 0 Å². The molecule has 2 N–H and O–H groups in total. The van der Waals surface area contributed by atoms with Gasteiger partial charge in [-0.25, -0.2) is 4.98 Å². The Labute approximate surface area is 165 Å². The van der Waals surface area contributed by atoms with Crippen molar-refractivity contribution in [3.8, 4) is 0 Å². The fraction of sp³-hybridized carbons (Fsp3) is 0.500. The SMILES string of the molecule is Cc1cc(N2CCCOC[C@H]2c2ccc(N3CCCC3)cc2Cl)nc(N)n1. The Morgan fingerprint density at radius 3 is 2.67 bits per heavy atom. The molecule has 1 atom stereocenters. The maximum atomic E-state index is 6.74. The molecule has 2 fully saturated rings. The first-order valence-corrected chi connectivity index (χ1v) is 9.99. The molecule has 2 aromatic rings. The third kappa shape index (κ3) is 3.96. The van der Waals surface area contributed by atoms with Crippen LogP contribution in [0.1, 0.15) is 36.6 Å². The van der Waals surface area contributed by atoms with Gasteiger partial charge in [0.25, 0.3) is 0 Å². The molecule has 0 saturated carbocycles. The zero-order valence-corrected chi connectivity index (χ0v) is 16.5. The number of ether oxygens (including phenoxy) is 1. The number of anilines is 3. The van der Waals surface area contributed by atoms with Crippen LogP contribution in [0.15, 0.2) is 24.3 Å².